The van der Waals surface area contributed by atoms with Crippen LogP contribution >= 0.6 is 0 Å². The number of pyridine rings is 2. The van der Waals surface area contributed by atoms with Crippen LogP contribution in [0.2, 0.25) is 0 Å². The maximum absolute atomic E-state index is 9.18. The van der Waals surface area contributed by atoms with E-state index < -0.39 is 0 Å². The third kappa shape index (κ3) is 3.28. The van der Waals surface area contributed by atoms with Crippen LogP contribution in [0.15, 0.2) is 48.8 Å². The van der Waals surface area contributed by atoms with Crippen LogP contribution in [0.1, 0.15) is 36.9 Å². The number of nitrogens with zero attached hydrogens (tertiary/aromatic N) is 3. The number of nitrogens with one attached hydrogen (secondary N) is 2. The molecule has 31 heavy (non-hydrogen) atoms. The topological polar surface area (TPSA) is 77.4 Å². The average molecular weight is 408 g/mol. The van der Waals surface area contributed by atoms with Gasteiger partial charge in [0.15, 0.2) is 0 Å². The van der Waals surface area contributed by atoms with E-state index >= 15 is 0 Å². The van der Waals surface area contributed by atoms with E-state index in [-0.39, 0.29) is 0 Å². The first-order valence-corrected chi connectivity index (χ1v) is 11.2. The number of hydrogen-bond acceptors (Lipinski definition) is 4. The van der Waals surface area contributed by atoms with Gasteiger partial charge in [0.1, 0.15) is 17.4 Å². The largest absolute Gasteiger partial charge is 0.338 e. The van der Waals surface area contributed by atoms with Crippen LogP contribution in [0.3, 0.4) is 0 Å². The molecule has 154 valence electrons. The molecule has 0 radical (unpaired) electrons. The van der Waals surface area contributed by atoms with Gasteiger partial charge in [0.25, 0.3) is 0 Å². The van der Waals surface area contributed by atoms with E-state index in [0.29, 0.717) is 11.1 Å². The van der Waals surface area contributed by atoms with E-state index in [1.807, 2.05) is 12.3 Å². The van der Waals surface area contributed by atoms with E-state index in [4.69, 9.17) is 0 Å². The number of aromatic amines is 1. The molecule has 1 saturated carbocycles. The van der Waals surface area contributed by atoms with Gasteiger partial charge in [0.2, 0.25) is 0 Å². The monoisotopic (exact) mass is 407 g/mol. The van der Waals surface area contributed by atoms with Crippen molar-refractivity contribution in [3.8, 4) is 17.2 Å². The molecule has 0 amide bonds. The van der Waals surface area contributed by atoms with Gasteiger partial charge in [-0.1, -0.05) is 24.3 Å². The Balaban J connectivity index is 1.23. The molecule has 0 bridgehead atoms. The summed E-state index contributed by atoms with van der Waals surface area (Å²) in [5.74, 6) is 0.823. The van der Waals surface area contributed by atoms with Crippen molar-refractivity contribution in [1.82, 2.24) is 20.3 Å². The Labute approximate surface area is 181 Å². The van der Waals surface area contributed by atoms with Crippen LogP contribution in [0.25, 0.3) is 33.1 Å². The first kappa shape index (κ1) is 18.5. The highest BCUT2D eigenvalue weighted by atomic mass is 15.0. The Kier molecular flexibility index (Phi) is 4.29. The highest BCUT2D eigenvalue weighted by molar-refractivity contribution is 6.06. The van der Waals surface area contributed by atoms with Gasteiger partial charge in [-0.15, -0.1) is 0 Å². The maximum atomic E-state index is 9.18. The van der Waals surface area contributed by atoms with Crippen molar-refractivity contribution in [3.63, 3.8) is 0 Å². The smallest absolute Gasteiger partial charge is 0.141 e. The Hall–Kier alpha value is -3.23. The molecule has 1 aliphatic heterocycles. The maximum Gasteiger partial charge on any atom is 0.141 e. The number of aromatic nitrogens is 3. The first-order chi connectivity index (χ1) is 15.2. The number of hydrogen-bond donors (Lipinski definition) is 2. The summed E-state index contributed by atoms with van der Waals surface area (Å²) >= 11 is 0. The second-order valence-electron chi connectivity index (χ2n) is 9.42. The number of fused-ring (bicyclic) bond motifs is 3. The summed E-state index contributed by atoms with van der Waals surface area (Å²) in [5, 5.41) is 14.7. The molecule has 3 aromatic heterocycles. The van der Waals surface area contributed by atoms with Crippen LogP contribution < -0.4 is 5.32 Å². The molecule has 5 heteroatoms. The zero-order valence-corrected chi connectivity index (χ0v) is 17.5. The predicted molar refractivity (Wildman–Crippen MR) is 123 cm³/mol. The summed E-state index contributed by atoms with van der Waals surface area (Å²) in [7, 11) is 0. The van der Waals surface area contributed by atoms with Gasteiger partial charge >= 0.3 is 0 Å². The van der Waals surface area contributed by atoms with Crippen LogP contribution in [0.4, 0.5) is 0 Å². The van der Waals surface area contributed by atoms with Crippen molar-refractivity contribution >= 4 is 21.9 Å². The van der Waals surface area contributed by atoms with Gasteiger partial charge in [0, 0.05) is 35.6 Å². The molecule has 1 saturated heterocycles. The van der Waals surface area contributed by atoms with E-state index in [2.05, 4.69) is 56.7 Å². The van der Waals surface area contributed by atoms with Crippen LogP contribution in [0.5, 0.6) is 0 Å². The summed E-state index contributed by atoms with van der Waals surface area (Å²) in [5.41, 5.74) is 6.48. The van der Waals surface area contributed by atoms with Gasteiger partial charge in [-0.25, -0.2) is 9.97 Å². The predicted octanol–water partition coefficient (Wildman–Crippen LogP) is 4.97. The normalized spacial score (nSPS) is 18.3. The molecule has 4 heterocycles. The Morgan fingerprint density at radius 3 is 2.48 bits per heavy atom. The summed E-state index contributed by atoms with van der Waals surface area (Å²) < 4.78 is 0. The van der Waals surface area contributed by atoms with Crippen molar-refractivity contribution < 1.29 is 0 Å². The van der Waals surface area contributed by atoms with Crippen molar-refractivity contribution in [1.29, 1.82) is 5.26 Å². The molecule has 1 spiro atoms. The molecule has 0 atom stereocenters. The van der Waals surface area contributed by atoms with Gasteiger partial charge in [0.05, 0.1) is 11.7 Å². The van der Waals surface area contributed by atoms with Crippen LogP contribution in [-0.4, -0.2) is 28.0 Å². The molecule has 2 aliphatic rings. The molecule has 4 aromatic rings. The van der Waals surface area contributed by atoms with Gasteiger partial charge in [-0.3, -0.25) is 0 Å². The minimum atomic E-state index is 0.422. The van der Waals surface area contributed by atoms with Crippen molar-refractivity contribution in [3.05, 3.63) is 60.0 Å². The van der Waals surface area contributed by atoms with Crippen LogP contribution in [-0.2, 0) is 6.42 Å². The SMILES string of the molecule is N#Cc1cc2c(cn1)[nH]c1ncc(-c3ccc(CC4CCC5(CC4)CNC5)cc3)cc12. The molecule has 5 nitrogen and oxygen atoms in total. The number of H-pyrrole nitrogens is 1. The molecule has 2 N–H and O–H groups in total. The van der Waals surface area contributed by atoms with E-state index in [1.165, 1.54) is 56.3 Å². The lowest BCUT2D eigenvalue weighted by atomic mass is 9.66. The standard InChI is InChI=1S/C26H25N5/c27-12-21-11-22-23-10-20(13-30-25(23)31-24(22)14-29-21)19-3-1-17(2-4-19)9-18-5-7-26(8-6-18)15-28-16-26/h1-4,10-11,13-14,18,28H,5-9,15-16H2,(H,30,31). The first-order valence-electron chi connectivity index (χ1n) is 11.2. The van der Waals surface area contributed by atoms with E-state index in [0.717, 1.165) is 33.4 Å². The third-order valence-corrected chi connectivity index (χ3v) is 7.43. The third-order valence-electron chi connectivity index (χ3n) is 7.43. The number of rotatable bonds is 3. The summed E-state index contributed by atoms with van der Waals surface area (Å²) in [4.78, 5) is 12.1. The molecular formula is C26H25N5. The van der Waals surface area contributed by atoms with E-state index in [1.54, 1.807) is 6.20 Å². The van der Waals surface area contributed by atoms with Gasteiger partial charge in [-0.05, 0) is 66.7 Å². The number of nitriles is 1. The fourth-order valence-corrected chi connectivity index (χ4v) is 5.39. The molecule has 6 rings (SSSR count). The highest BCUT2D eigenvalue weighted by Crippen LogP contribution is 2.42. The highest BCUT2D eigenvalue weighted by Gasteiger charge is 2.39. The lowest BCUT2D eigenvalue weighted by molar-refractivity contribution is 0.0818. The Bertz CT molecular complexity index is 1300. The van der Waals surface area contributed by atoms with Crippen molar-refractivity contribution in [2.75, 3.05) is 13.1 Å². The average Bonchev–Trinajstić information content (AvgIpc) is 3.16. The molecule has 1 aliphatic carbocycles. The Morgan fingerprint density at radius 1 is 0.968 bits per heavy atom. The van der Waals surface area contributed by atoms with Crippen molar-refractivity contribution in [2.24, 2.45) is 11.3 Å². The minimum Gasteiger partial charge on any atom is -0.338 e. The van der Waals surface area contributed by atoms with E-state index in [9.17, 15) is 5.26 Å². The summed E-state index contributed by atoms with van der Waals surface area (Å²) in [6.07, 6.45) is 10.3. The quantitative estimate of drug-likeness (QED) is 0.502. The van der Waals surface area contributed by atoms with Crippen LogP contribution in [0, 0.1) is 22.7 Å². The van der Waals surface area contributed by atoms with Crippen molar-refractivity contribution in [2.45, 2.75) is 32.1 Å². The van der Waals surface area contributed by atoms with Gasteiger partial charge < -0.3 is 10.3 Å². The fraction of sp³-hybridized carbons (Fsp3) is 0.346. The Morgan fingerprint density at radius 2 is 1.77 bits per heavy atom. The zero-order valence-electron chi connectivity index (χ0n) is 17.5. The lowest BCUT2D eigenvalue weighted by Crippen LogP contribution is -2.54. The summed E-state index contributed by atoms with van der Waals surface area (Å²) in [6.45, 7) is 2.47. The summed E-state index contributed by atoms with van der Waals surface area (Å²) in [6, 6.07) is 15.1. The lowest BCUT2D eigenvalue weighted by Gasteiger charge is -2.47. The van der Waals surface area contributed by atoms with Gasteiger partial charge in [-0.2, -0.15) is 5.26 Å². The second kappa shape index (κ2) is 7.18. The second-order valence-corrected chi connectivity index (χ2v) is 9.42. The molecular weight excluding hydrogens is 382 g/mol. The molecule has 0 unspecified atom stereocenters. The molecule has 2 fully saturated rings. The zero-order chi connectivity index (χ0) is 20.8. The number of benzene rings is 1. The fourth-order valence-electron chi connectivity index (χ4n) is 5.39. The minimum absolute atomic E-state index is 0.422. The molecule has 1 aromatic carbocycles.